The second-order valence-corrected chi connectivity index (χ2v) is 5.21. The van der Waals surface area contributed by atoms with Crippen LogP contribution < -0.4 is 0 Å². The molecule has 0 fully saturated rings. The lowest BCUT2D eigenvalue weighted by Gasteiger charge is -2.07. The summed E-state index contributed by atoms with van der Waals surface area (Å²) in [6.07, 6.45) is 3.40. The summed E-state index contributed by atoms with van der Waals surface area (Å²) in [5.74, 6) is -0.687. The Bertz CT molecular complexity index is 782. The van der Waals surface area contributed by atoms with Crippen molar-refractivity contribution in [3.63, 3.8) is 0 Å². The maximum absolute atomic E-state index is 11.4. The Morgan fingerprint density at radius 1 is 1.32 bits per heavy atom. The summed E-state index contributed by atoms with van der Waals surface area (Å²) in [4.78, 5) is 15.8. The average Bonchev–Trinajstić information content (AvgIpc) is 2.83. The fraction of sp³-hybridized carbons (Fsp3) is 0. The van der Waals surface area contributed by atoms with Crippen LogP contribution in [0.2, 0.25) is 0 Å². The molecule has 5 nitrogen and oxygen atoms in total. The van der Waals surface area contributed by atoms with Gasteiger partial charge >= 0.3 is 5.97 Å². The number of hydrogen-bond acceptors (Lipinski definition) is 3. The number of pyridine rings is 1. The van der Waals surface area contributed by atoms with Gasteiger partial charge in [0.2, 0.25) is 0 Å². The Morgan fingerprint density at radius 3 is 2.79 bits per heavy atom. The molecule has 94 valence electrons. The van der Waals surface area contributed by atoms with Gasteiger partial charge in [0.1, 0.15) is 5.56 Å². The molecule has 0 radical (unpaired) electrons. The summed E-state index contributed by atoms with van der Waals surface area (Å²) >= 11 is 2.12. The van der Waals surface area contributed by atoms with E-state index < -0.39 is 5.97 Å². The number of halogens is 1. The van der Waals surface area contributed by atoms with Crippen molar-refractivity contribution in [2.75, 3.05) is 0 Å². The number of rotatable bonds is 2. The third-order valence-corrected chi connectivity index (χ3v) is 3.26. The van der Waals surface area contributed by atoms with Gasteiger partial charge in [0, 0.05) is 11.6 Å². The summed E-state index contributed by atoms with van der Waals surface area (Å²) in [5, 5.41) is 14.2. The Hall–Kier alpha value is -1.96. The van der Waals surface area contributed by atoms with Crippen molar-refractivity contribution in [3.8, 4) is 5.82 Å². The SMILES string of the molecule is O=C(O)c1cc2ccccc2nc1-n1cc(I)cn1. The lowest BCUT2D eigenvalue weighted by molar-refractivity contribution is 0.0696. The second kappa shape index (κ2) is 4.61. The van der Waals surface area contributed by atoms with Crippen LogP contribution in [0.4, 0.5) is 0 Å². The molecule has 1 aromatic carbocycles. The molecule has 0 saturated carbocycles. The molecule has 2 heterocycles. The molecule has 0 bridgehead atoms. The fourth-order valence-corrected chi connectivity index (χ4v) is 2.24. The Morgan fingerprint density at radius 2 is 2.11 bits per heavy atom. The molecular formula is C13H8IN3O2. The molecule has 1 N–H and O–H groups in total. The zero-order chi connectivity index (χ0) is 13.4. The van der Waals surface area contributed by atoms with Crippen LogP contribution in [0.5, 0.6) is 0 Å². The van der Waals surface area contributed by atoms with Gasteiger partial charge in [0.15, 0.2) is 5.82 Å². The van der Waals surface area contributed by atoms with Crippen molar-refractivity contribution in [2.45, 2.75) is 0 Å². The van der Waals surface area contributed by atoms with Gasteiger partial charge in [-0.2, -0.15) is 5.10 Å². The summed E-state index contributed by atoms with van der Waals surface area (Å²) in [7, 11) is 0. The predicted molar refractivity (Wildman–Crippen MR) is 78.5 cm³/mol. The van der Waals surface area contributed by atoms with E-state index in [1.807, 2.05) is 24.3 Å². The number of carbonyl (C=O) groups is 1. The van der Waals surface area contributed by atoms with Crippen LogP contribution in [0, 0.1) is 3.57 Å². The van der Waals surface area contributed by atoms with Crippen LogP contribution in [0.1, 0.15) is 10.4 Å². The first-order valence-corrected chi connectivity index (χ1v) is 6.56. The minimum absolute atomic E-state index is 0.137. The smallest absolute Gasteiger partial charge is 0.339 e. The monoisotopic (exact) mass is 365 g/mol. The zero-order valence-corrected chi connectivity index (χ0v) is 11.8. The number of carboxylic acid groups (broad SMARTS) is 1. The number of aromatic nitrogens is 3. The predicted octanol–water partition coefficient (Wildman–Crippen LogP) is 2.72. The van der Waals surface area contributed by atoms with E-state index in [1.54, 1.807) is 18.5 Å². The summed E-state index contributed by atoms with van der Waals surface area (Å²) in [6, 6.07) is 9.03. The Kier molecular flexibility index (Phi) is 2.94. The van der Waals surface area contributed by atoms with Crippen LogP contribution in [0.3, 0.4) is 0 Å². The first-order chi connectivity index (χ1) is 9.15. The first-order valence-electron chi connectivity index (χ1n) is 5.49. The van der Waals surface area contributed by atoms with E-state index in [4.69, 9.17) is 0 Å². The van der Waals surface area contributed by atoms with Gasteiger partial charge in [-0.15, -0.1) is 0 Å². The van der Waals surface area contributed by atoms with E-state index in [0.29, 0.717) is 5.82 Å². The van der Waals surface area contributed by atoms with Crippen molar-refractivity contribution >= 4 is 39.5 Å². The van der Waals surface area contributed by atoms with E-state index in [9.17, 15) is 9.90 Å². The number of fused-ring (bicyclic) bond motifs is 1. The van der Waals surface area contributed by atoms with Gasteiger partial charge in [0.05, 0.1) is 15.3 Å². The highest BCUT2D eigenvalue weighted by Crippen LogP contribution is 2.20. The Labute approximate surface area is 122 Å². The Balaban J connectivity index is 2.32. The maximum Gasteiger partial charge on any atom is 0.339 e. The first kappa shape index (κ1) is 12.1. The molecular weight excluding hydrogens is 357 g/mol. The molecule has 0 aliphatic rings. The van der Waals surface area contributed by atoms with Gasteiger partial charge < -0.3 is 5.11 Å². The van der Waals surface area contributed by atoms with E-state index >= 15 is 0 Å². The van der Waals surface area contributed by atoms with E-state index in [2.05, 4.69) is 32.7 Å². The van der Waals surface area contributed by atoms with Crippen LogP contribution >= 0.6 is 22.6 Å². The quantitative estimate of drug-likeness (QED) is 0.710. The van der Waals surface area contributed by atoms with E-state index in [1.165, 1.54) is 4.68 Å². The van der Waals surface area contributed by atoms with Crippen molar-refractivity contribution < 1.29 is 9.90 Å². The van der Waals surface area contributed by atoms with Gasteiger partial charge in [-0.3, -0.25) is 0 Å². The van der Waals surface area contributed by atoms with Crippen molar-refractivity contribution in [1.29, 1.82) is 0 Å². The number of benzene rings is 1. The standard InChI is InChI=1S/C13H8IN3O2/c14-9-6-15-17(7-9)12-10(13(18)19)5-8-3-1-2-4-11(8)16-12/h1-7H,(H,18,19). The molecule has 6 heteroatoms. The largest absolute Gasteiger partial charge is 0.478 e. The number of aromatic carboxylic acids is 1. The van der Waals surface area contributed by atoms with Crippen molar-refractivity contribution in [2.24, 2.45) is 0 Å². The van der Waals surface area contributed by atoms with Crippen LogP contribution in [0.25, 0.3) is 16.7 Å². The van der Waals surface area contributed by atoms with Crippen LogP contribution in [-0.2, 0) is 0 Å². The number of hydrogen-bond donors (Lipinski definition) is 1. The third-order valence-electron chi connectivity index (χ3n) is 2.70. The second-order valence-electron chi connectivity index (χ2n) is 3.96. The number of carboxylic acids is 1. The normalized spacial score (nSPS) is 10.8. The molecule has 0 amide bonds. The summed E-state index contributed by atoms with van der Waals surface area (Å²) in [5.41, 5.74) is 0.881. The van der Waals surface area contributed by atoms with Crippen molar-refractivity contribution in [1.82, 2.24) is 14.8 Å². The lowest BCUT2D eigenvalue weighted by Crippen LogP contribution is -2.08. The van der Waals surface area contributed by atoms with Gasteiger partial charge in [-0.1, -0.05) is 18.2 Å². The minimum Gasteiger partial charge on any atom is -0.478 e. The highest BCUT2D eigenvalue weighted by atomic mass is 127. The summed E-state index contributed by atoms with van der Waals surface area (Å²) in [6.45, 7) is 0. The zero-order valence-electron chi connectivity index (χ0n) is 9.62. The summed E-state index contributed by atoms with van der Waals surface area (Å²) < 4.78 is 2.40. The highest BCUT2D eigenvalue weighted by Gasteiger charge is 2.15. The molecule has 3 aromatic rings. The van der Waals surface area contributed by atoms with Gasteiger partial charge in [-0.05, 0) is 34.7 Å². The lowest BCUT2D eigenvalue weighted by atomic mass is 10.1. The number of para-hydroxylation sites is 1. The molecule has 2 aromatic heterocycles. The third kappa shape index (κ3) is 2.19. The van der Waals surface area contributed by atoms with Crippen LogP contribution in [0.15, 0.2) is 42.7 Å². The molecule has 0 aliphatic heterocycles. The molecule has 19 heavy (non-hydrogen) atoms. The number of nitrogens with zero attached hydrogens (tertiary/aromatic N) is 3. The molecule has 0 aliphatic carbocycles. The molecule has 0 atom stereocenters. The molecule has 0 unspecified atom stereocenters. The van der Waals surface area contributed by atoms with Crippen molar-refractivity contribution in [3.05, 3.63) is 51.9 Å². The van der Waals surface area contributed by atoms with Gasteiger partial charge in [-0.25, -0.2) is 14.5 Å². The maximum atomic E-state index is 11.4. The van der Waals surface area contributed by atoms with Gasteiger partial charge in [0.25, 0.3) is 0 Å². The van der Waals surface area contributed by atoms with E-state index in [0.717, 1.165) is 14.5 Å². The fourth-order valence-electron chi connectivity index (χ4n) is 1.85. The highest BCUT2D eigenvalue weighted by molar-refractivity contribution is 14.1. The minimum atomic E-state index is -1.02. The molecule has 0 saturated heterocycles. The molecule has 3 rings (SSSR count). The molecule has 0 spiro atoms. The van der Waals surface area contributed by atoms with E-state index in [-0.39, 0.29) is 5.56 Å². The average molecular weight is 365 g/mol. The van der Waals surface area contributed by atoms with Crippen LogP contribution in [-0.4, -0.2) is 25.8 Å². The topological polar surface area (TPSA) is 68.0 Å².